The third-order valence-corrected chi connectivity index (χ3v) is 5.24. The van der Waals surface area contributed by atoms with Crippen LogP contribution in [0.3, 0.4) is 0 Å². The first-order valence-corrected chi connectivity index (χ1v) is 9.50. The quantitative estimate of drug-likeness (QED) is 0.687. The van der Waals surface area contributed by atoms with Gasteiger partial charge in [0.2, 0.25) is 0 Å². The van der Waals surface area contributed by atoms with Crippen LogP contribution in [-0.2, 0) is 0 Å². The van der Waals surface area contributed by atoms with Gasteiger partial charge in [-0.25, -0.2) is 4.39 Å². The summed E-state index contributed by atoms with van der Waals surface area (Å²) in [4.78, 5) is 16.7. The van der Waals surface area contributed by atoms with Gasteiger partial charge < -0.3 is 9.80 Å². The minimum absolute atomic E-state index is 0.0513. The van der Waals surface area contributed by atoms with Gasteiger partial charge in [0.25, 0.3) is 5.91 Å². The molecule has 2 aromatic carbocycles. The molecule has 3 aromatic rings. The van der Waals surface area contributed by atoms with Crippen molar-refractivity contribution in [3.05, 3.63) is 70.6 Å². The maximum atomic E-state index is 13.1. The Morgan fingerprint density at radius 2 is 1.67 bits per heavy atom. The molecule has 5 nitrogen and oxygen atoms in total. The van der Waals surface area contributed by atoms with Gasteiger partial charge in [0, 0.05) is 41.9 Å². The Balaban J connectivity index is 1.41. The highest BCUT2D eigenvalue weighted by molar-refractivity contribution is 9.10. The molecule has 0 aliphatic carbocycles. The molecule has 1 fully saturated rings. The van der Waals surface area contributed by atoms with Crippen LogP contribution in [0, 0.1) is 5.82 Å². The van der Waals surface area contributed by atoms with E-state index in [0.717, 1.165) is 21.4 Å². The average molecular weight is 429 g/mol. The number of hydrogen-bond donors (Lipinski definition) is 1. The van der Waals surface area contributed by atoms with Crippen molar-refractivity contribution in [2.75, 3.05) is 31.1 Å². The minimum Gasteiger partial charge on any atom is -0.368 e. The standard InChI is InChI=1S/C20H18BrFN4O/c21-15-3-1-14(2-4-15)18-13-19(24-23-18)20(27)26-11-9-25(10-12-26)17-7-5-16(22)6-8-17/h1-8,13H,9-12H2,(H,23,24). The van der Waals surface area contributed by atoms with Crippen molar-refractivity contribution in [3.63, 3.8) is 0 Å². The van der Waals surface area contributed by atoms with Crippen LogP contribution in [0.4, 0.5) is 10.1 Å². The first-order valence-electron chi connectivity index (χ1n) is 8.71. The molecule has 1 aliphatic rings. The topological polar surface area (TPSA) is 52.2 Å². The lowest BCUT2D eigenvalue weighted by atomic mass is 10.1. The molecule has 1 aliphatic heterocycles. The number of carbonyl (C=O) groups is 1. The SMILES string of the molecule is O=C(c1cc(-c2ccc(Br)cc2)n[nH]1)N1CCN(c2ccc(F)cc2)CC1. The van der Waals surface area contributed by atoms with Gasteiger partial charge in [-0.3, -0.25) is 9.89 Å². The number of piperazine rings is 1. The molecule has 0 unspecified atom stereocenters. The number of aromatic nitrogens is 2. The van der Waals surface area contributed by atoms with Crippen LogP contribution in [0.2, 0.25) is 0 Å². The number of hydrogen-bond acceptors (Lipinski definition) is 3. The molecule has 1 saturated heterocycles. The molecule has 7 heteroatoms. The highest BCUT2D eigenvalue weighted by Crippen LogP contribution is 2.22. The van der Waals surface area contributed by atoms with Gasteiger partial charge in [0.15, 0.2) is 0 Å². The smallest absolute Gasteiger partial charge is 0.272 e. The van der Waals surface area contributed by atoms with E-state index in [0.29, 0.717) is 31.9 Å². The molecule has 2 heterocycles. The van der Waals surface area contributed by atoms with Gasteiger partial charge in [-0.15, -0.1) is 0 Å². The molecule has 0 saturated carbocycles. The number of rotatable bonds is 3. The Labute approximate surface area is 164 Å². The Morgan fingerprint density at radius 1 is 1.00 bits per heavy atom. The number of nitrogens with one attached hydrogen (secondary N) is 1. The lowest BCUT2D eigenvalue weighted by Crippen LogP contribution is -2.48. The average Bonchev–Trinajstić information content (AvgIpc) is 3.19. The molecule has 1 N–H and O–H groups in total. The Morgan fingerprint density at radius 3 is 2.33 bits per heavy atom. The number of nitrogens with zero attached hydrogens (tertiary/aromatic N) is 3. The van der Waals surface area contributed by atoms with Crippen molar-refractivity contribution >= 4 is 27.5 Å². The summed E-state index contributed by atoms with van der Waals surface area (Å²) in [7, 11) is 0. The summed E-state index contributed by atoms with van der Waals surface area (Å²) in [5.74, 6) is -0.294. The van der Waals surface area contributed by atoms with Crippen molar-refractivity contribution < 1.29 is 9.18 Å². The lowest BCUT2D eigenvalue weighted by Gasteiger charge is -2.35. The van der Waals surface area contributed by atoms with Gasteiger partial charge in [0.05, 0.1) is 5.69 Å². The molecule has 4 rings (SSSR count). The molecule has 0 radical (unpaired) electrons. The number of aromatic amines is 1. The summed E-state index contributed by atoms with van der Waals surface area (Å²) >= 11 is 3.41. The predicted molar refractivity (Wildman–Crippen MR) is 106 cm³/mol. The normalized spacial score (nSPS) is 14.4. The van der Waals surface area contributed by atoms with E-state index in [1.807, 2.05) is 29.2 Å². The second-order valence-corrected chi connectivity index (χ2v) is 7.35. The zero-order valence-corrected chi connectivity index (χ0v) is 16.1. The van der Waals surface area contributed by atoms with Crippen LogP contribution in [0.1, 0.15) is 10.5 Å². The second-order valence-electron chi connectivity index (χ2n) is 6.43. The van der Waals surface area contributed by atoms with Crippen LogP contribution in [-0.4, -0.2) is 47.2 Å². The van der Waals surface area contributed by atoms with E-state index in [2.05, 4.69) is 31.0 Å². The minimum atomic E-state index is -0.242. The third-order valence-electron chi connectivity index (χ3n) is 4.71. The number of benzene rings is 2. The van der Waals surface area contributed by atoms with E-state index in [1.54, 1.807) is 18.2 Å². The predicted octanol–water partition coefficient (Wildman–Crippen LogP) is 3.94. The second kappa shape index (κ2) is 7.52. The van der Waals surface area contributed by atoms with Gasteiger partial charge in [-0.2, -0.15) is 5.10 Å². The maximum Gasteiger partial charge on any atom is 0.272 e. The molecule has 138 valence electrons. The Kier molecular flexibility index (Phi) is 4.94. The molecular weight excluding hydrogens is 411 g/mol. The van der Waals surface area contributed by atoms with Crippen LogP contribution >= 0.6 is 15.9 Å². The van der Waals surface area contributed by atoms with E-state index in [1.165, 1.54) is 12.1 Å². The van der Waals surface area contributed by atoms with Crippen molar-refractivity contribution in [3.8, 4) is 11.3 Å². The van der Waals surface area contributed by atoms with Crippen molar-refractivity contribution in [2.45, 2.75) is 0 Å². The highest BCUT2D eigenvalue weighted by Gasteiger charge is 2.23. The van der Waals surface area contributed by atoms with Crippen LogP contribution in [0.15, 0.2) is 59.1 Å². The maximum absolute atomic E-state index is 13.1. The van der Waals surface area contributed by atoms with Crippen LogP contribution in [0.25, 0.3) is 11.3 Å². The fraction of sp³-hybridized carbons (Fsp3) is 0.200. The summed E-state index contributed by atoms with van der Waals surface area (Å²) in [6.45, 7) is 2.65. The van der Waals surface area contributed by atoms with Crippen molar-refractivity contribution in [2.24, 2.45) is 0 Å². The molecule has 0 bridgehead atoms. The van der Waals surface area contributed by atoms with Gasteiger partial charge >= 0.3 is 0 Å². The molecule has 0 atom stereocenters. The summed E-state index contributed by atoms with van der Waals surface area (Å²) in [5.41, 5.74) is 3.16. The van der Waals surface area contributed by atoms with Crippen LogP contribution < -0.4 is 4.90 Å². The molecular formula is C20H18BrFN4O. The number of H-pyrrole nitrogens is 1. The third kappa shape index (κ3) is 3.88. The molecule has 1 aromatic heterocycles. The summed E-state index contributed by atoms with van der Waals surface area (Å²) in [6.07, 6.45) is 0. The van der Waals surface area contributed by atoms with E-state index in [-0.39, 0.29) is 11.7 Å². The van der Waals surface area contributed by atoms with Crippen molar-refractivity contribution in [1.29, 1.82) is 0 Å². The first kappa shape index (κ1) is 17.7. The highest BCUT2D eigenvalue weighted by atomic mass is 79.9. The zero-order valence-electron chi connectivity index (χ0n) is 14.5. The van der Waals surface area contributed by atoms with Crippen LogP contribution in [0.5, 0.6) is 0 Å². The zero-order chi connectivity index (χ0) is 18.8. The fourth-order valence-corrected chi connectivity index (χ4v) is 3.45. The first-order chi connectivity index (χ1) is 13.1. The van der Waals surface area contributed by atoms with E-state index >= 15 is 0 Å². The number of carbonyl (C=O) groups excluding carboxylic acids is 1. The fourth-order valence-electron chi connectivity index (χ4n) is 3.19. The van der Waals surface area contributed by atoms with Gasteiger partial charge in [0.1, 0.15) is 11.5 Å². The lowest BCUT2D eigenvalue weighted by molar-refractivity contribution is 0.0741. The Hall–Kier alpha value is -2.67. The van der Waals surface area contributed by atoms with Crippen molar-refractivity contribution in [1.82, 2.24) is 15.1 Å². The van der Waals surface area contributed by atoms with E-state index in [9.17, 15) is 9.18 Å². The number of halogens is 2. The molecule has 0 spiro atoms. The Bertz CT molecular complexity index is 931. The largest absolute Gasteiger partial charge is 0.368 e. The monoisotopic (exact) mass is 428 g/mol. The van der Waals surface area contributed by atoms with E-state index < -0.39 is 0 Å². The summed E-state index contributed by atoms with van der Waals surface area (Å²) in [6, 6.07) is 16.0. The molecule has 27 heavy (non-hydrogen) atoms. The van der Waals surface area contributed by atoms with Gasteiger partial charge in [-0.1, -0.05) is 28.1 Å². The molecule has 1 amide bonds. The van der Waals surface area contributed by atoms with Gasteiger partial charge in [-0.05, 0) is 42.5 Å². The number of amides is 1. The number of anilines is 1. The van der Waals surface area contributed by atoms with E-state index in [4.69, 9.17) is 0 Å². The summed E-state index contributed by atoms with van der Waals surface area (Å²) < 4.78 is 14.1. The summed E-state index contributed by atoms with van der Waals surface area (Å²) in [5, 5.41) is 7.13.